The summed E-state index contributed by atoms with van der Waals surface area (Å²) in [7, 11) is 0. The van der Waals surface area contributed by atoms with E-state index in [2.05, 4.69) is 5.16 Å². The third-order valence-electron chi connectivity index (χ3n) is 3.58. The van der Waals surface area contributed by atoms with Crippen LogP contribution in [0.25, 0.3) is 11.3 Å². The van der Waals surface area contributed by atoms with E-state index < -0.39 is 17.6 Å². The Kier molecular flexibility index (Phi) is 5.26. The number of carbonyl (C=O) groups is 1. The minimum absolute atomic E-state index is 0.0689. The molecule has 0 spiro atoms. The minimum atomic E-state index is -0.767. The SMILES string of the molecule is Cc1ccccc1OCC(=O)OCc1cc(-c2ccc(F)cc2F)on1. The zero-order valence-electron chi connectivity index (χ0n) is 13.9. The summed E-state index contributed by atoms with van der Waals surface area (Å²) in [6, 6.07) is 11.8. The number of hydrogen-bond acceptors (Lipinski definition) is 5. The average Bonchev–Trinajstić information content (AvgIpc) is 3.08. The van der Waals surface area contributed by atoms with Gasteiger partial charge in [0.15, 0.2) is 12.4 Å². The van der Waals surface area contributed by atoms with Gasteiger partial charge in [-0.15, -0.1) is 0 Å². The van der Waals surface area contributed by atoms with Crippen molar-refractivity contribution in [3.8, 4) is 17.1 Å². The highest BCUT2D eigenvalue weighted by Gasteiger charge is 2.14. The minimum Gasteiger partial charge on any atom is -0.482 e. The number of para-hydroxylation sites is 1. The fourth-order valence-corrected chi connectivity index (χ4v) is 2.25. The number of ether oxygens (including phenoxy) is 2. The molecule has 3 rings (SSSR count). The van der Waals surface area contributed by atoms with E-state index in [0.717, 1.165) is 17.7 Å². The third-order valence-corrected chi connectivity index (χ3v) is 3.58. The van der Waals surface area contributed by atoms with E-state index in [0.29, 0.717) is 11.4 Å². The summed E-state index contributed by atoms with van der Waals surface area (Å²) in [5.74, 6) is -1.32. The van der Waals surface area contributed by atoms with Crippen LogP contribution in [0.4, 0.5) is 8.78 Å². The van der Waals surface area contributed by atoms with Crippen molar-refractivity contribution < 1.29 is 27.6 Å². The highest BCUT2D eigenvalue weighted by atomic mass is 19.1. The second kappa shape index (κ2) is 7.77. The molecule has 0 unspecified atom stereocenters. The number of hydrogen-bond donors (Lipinski definition) is 0. The van der Waals surface area contributed by atoms with Gasteiger partial charge in [-0.25, -0.2) is 13.6 Å². The number of halogens is 2. The first kappa shape index (κ1) is 17.6. The Bertz CT molecular complexity index is 923. The van der Waals surface area contributed by atoms with Gasteiger partial charge in [0.25, 0.3) is 0 Å². The van der Waals surface area contributed by atoms with E-state index in [9.17, 15) is 13.6 Å². The predicted molar refractivity (Wildman–Crippen MR) is 88.3 cm³/mol. The van der Waals surface area contributed by atoms with Gasteiger partial charge in [-0.3, -0.25) is 0 Å². The Morgan fingerprint density at radius 2 is 1.96 bits per heavy atom. The molecule has 0 atom stereocenters. The van der Waals surface area contributed by atoms with Gasteiger partial charge in [-0.1, -0.05) is 23.4 Å². The molecule has 0 aliphatic heterocycles. The van der Waals surface area contributed by atoms with Crippen molar-refractivity contribution in [1.82, 2.24) is 5.16 Å². The number of carbonyl (C=O) groups excluding carboxylic acids is 1. The highest BCUT2D eigenvalue weighted by Crippen LogP contribution is 2.24. The van der Waals surface area contributed by atoms with E-state index in [1.807, 2.05) is 19.1 Å². The number of rotatable bonds is 6. The molecular weight excluding hydrogens is 344 g/mol. The van der Waals surface area contributed by atoms with Gasteiger partial charge in [0.2, 0.25) is 0 Å². The molecule has 2 aromatic carbocycles. The number of aryl methyl sites for hydroxylation is 1. The molecule has 7 heteroatoms. The van der Waals surface area contributed by atoms with Gasteiger partial charge in [0.05, 0.1) is 5.56 Å². The summed E-state index contributed by atoms with van der Waals surface area (Å²) < 4.78 is 42.1. The lowest BCUT2D eigenvalue weighted by atomic mass is 10.1. The molecule has 0 saturated heterocycles. The van der Waals surface area contributed by atoms with Crippen molar-refractivity contribution in [2.75, 3.05) is 6.61 Å². The van der Waals surface area contributed by atoms with Gasteiger partial charge in [0.1, 0.15) is 29.7 Å². The topological polar surface area (TPSA) is 61.6 Å². The maximum atomic E-state index is 13.7. The number of benzene rings is 2. The van der Waals surface area contributed by atoms with E-state index in [1.54, 1.807) is 12.1 Å². The van der Waals surface area contributed by atoms with Crippen LogP contribution in [-0.2, 0) is 16.1 Å². The lowest BCUT2D eigenvalue weighted by Gasteiger charge is -2.08. The molecule has 1 heterocycles. The molecule has 0 aliphatic rings. The van der Waals surface area contributed by atoms with Crippen LogP contribution < -0.4 is 4.74 Å². The normalized spacial score (nSPS) is 10.6. The van der Waals surface area contributed by atoms with Crippen molar-refractivity contribution >= 4 is 5.97 Å². The van der Waals surface area contributed by atoms with Crippen LogP contribution in [0.5, 0.6) is 5.75 Å². The molecule has 0 saturated carbocycles. The first-order valence-electron chi connectivity index (χ1n) is 7.78. The molecule has 0 fully saturated rings. The maximum Gasteiger partial charge on any atom is 0.344 e. The van der Waals surface area contributed by atoms with Gasteiger partial charge in [-0.2, -0.15) is 0 Å². The molecule has 26 heavy (non-hydrogen) atoms. The zero-order chi connectivity index (χ0) is 18.5. The largest absolute Gasteiger partial charge is 0.482 e. The van der Waals surface area contributed by atoms with Crippen molar-refractivity contribution in [3.05, 3.63) is 71.4 Å². The number of nitrogens with zero attached hydrogens (tertiary/aromatic N) is 1. The average molecular weight is 359 g/mol. The summed E-state index contributed by atoms with van der Waals surface area (Å²) in [5, 5.41) is 3.71. The fraction of sp³-hybridized carbons (Fsp3) is 0.158. The third kappa shape index (κ3) is 4.24. The summed E-state index contributed by atoms with van der Waals surface area (Å²) in [6.07, 6.45) is 0. The Morgan fingerprint density at radius 3 is 2.73 bits per heavy atom. The number of esters is 1. The molecule has 0 amide bonds. The smallest absolute Gasteiger partial charge is 0.344 e. The predicted octanol–water partition coefficient (Wildman–Crippen LogP) is 4.05. The molecule has 0 N–H and O–H groups in total. The monoisotopic (exact) mass is 359 g/mol. The fourth-order valence-electron chi connectivity index (χ4n) is 2.25. The molecule has 0 radical (unpaired) electrons. The first-order valence-corrected chi connectivity index (χ1v) is 7.78. The molecule has 0 bridgehead atoms. The molecule has 0 aliphatic carbocycles. The van der Waals surface area contributed by atoms with Gasteiger partial charge < -0.3 is 14.0 Å². The van der Waals surface area contributed by atoms with Crippen LogP contribution in [-0.4, -0.2) is 17.7 Å². The second-order valence-corrected chi connectivity index (χ2v) is 5.52. The van der Waals surface area contributed by atoms with E-state index in [1.165, 1.54) is 12.1 Å². The van der Waals surface area contributed by atoms with E-state index in [-0.39, 0.29) is 24.5 Å². The summed E-state index contributed by atoms with van der Waals surface area (Å²) in [4.78, 5) is 11.8. The quantitative estimate of drug-likeness (QED) is 0.622. The first-order chi connectivity index (χ1) is 12.5. The van der Waals surface area contributed by atoms with Gasteiger partial charge in [-0.05, 0) is 30.7 Å². The van der Waals surface area contributed by atoms with Crippen molar-refractivity contribution in [3.63, 3.8) is 0 Å². The molecule has 5 nitrogen and oxygen atoms in total. The highest BCUT2D eigenvalue weighted by molar-refractivity contribution is 5.71. The van der Waals surface area contributed by atoms with Crippen LogP contribution >= 0.6 is 0 Å². The van der Waals surface area contributed by atoms with Gasteiger partial charge in [0, 0.05) is 12.1 Å². The molecular formula is C19H15F2NO4. The molecule has 3 aromatic rings. The van der Waals surface area contributed by atoms with E-state index >= 15 is 0 Å². The molecule has 1 aromatic heterocycles. The van der Waals surface area contributed by atoms with Crippen LogP contribution in [0, 0.1) is 18.6 Å². The summed E-state index contributed by atoms with van der Waals surface area (Å²) in [5.41, 5.74) is 1.27. The van der Waals surface area contributed by atoms with Crippen molar-refractivity contribution in [1.29, 1.82) is 0 Å². The standard InChI is InChI=1S/C19H15F2NO4/c1-12-4-2-3-5-17(12)24-11-19(23)25-10-14-9-18(26-22-14)15-7-6-13(20)8-16(15)21/h2-9H,10-11H2,1H3. The summed E-state index contributed by atoms with van der Waals surface area (Å²) in [6.45, 7) is 1.47. The maximum absolute atomic E-state index is 13.7. The Labute approximate surface area is 148 Å². The van der Waals surface area contributed by atoms with E-state index in [4.69, 9.17) is 14.0 Å². The lowest BCUT2D eigenvalue weighted by Crippen LogP contribution is -2.15. The van der Waals surface area contributed by atoms with Crippen LogP contribution in [0.15, 0.2) is 53.1 Å². The van der Waals surface area contributed by atoms with Crippen molar-refractivity contribution in [2.45, 2.75) is 13.5 Å². The Morgan fingerprint density at radius 1 is 1.15 bits per heavy atom. The number of aromatic nitrogens is 1. The van der Waals surface area contributed by atoms with Crippen LogP contribution in [0.3, 0.4) is 0 Å². The summed E-state index contributed by atoms with van der Waals surface area (Å²) >= 11 is 0. The van der Waals surface area contributed by atoms with Gasteiger partial charge >= 0.3 is 5.97 Å². The molecule has 134 valence electrons. The van der Waals surface area contributed by atoms with Crippen molar-refractivity contribution in [2.24, 2.45) is 0 Å². The zero-order valence-corrected chi connectivity index (χ0v) is 13.9. The lowest BCUT2D eigenvalue weighted by molar-refractivity contribution is -0.147. The van der Waals surface area contributed by atoms with Crippen LogP contribution in [0.2, 0.25) is 0 Å². The Balaban J connectivity index is 1.54. The van der Waals surface area contributed by atoms with Crippen LogP contribution in [0.1, 0.15) is 11.3 Å². The Hall–Kier alpha value is -3.22. The second-order valence-electron chi connectivity index (χ2n) is 5.52.